The number of aryl methyl sites for hydroxylation is 1. The van der Waals surface area contributed by atoms with Crippen molar-refractivity contribution in [3.8, 4) is 0 Å². The predicted molar refractivity (Wildman–Crippen MR) is 70.0 cm³/mol. The first-order chi connectivity index (χ1) is 8.22. The van der Waals surface area contributed by atoms with E-state index in [9.17, 15) is 0 Å². The van der Waals surface area contributed by atoms with Gasteiger partial charge in [-0.05, 0) is 37.8 Å². The van der Waals surface area contributed by atoms with E-state index in [0.29, 0.717) is 6.04 Å². The van der Waals surface area contributed by atoms with Gasteiger partial charge in [-0.25, -0.2) is 4.98 Å². The number of aromatic nitrogens is 1. The van der Waals surface area contributed by atoms with Gasteiger partial charge in [0.05, 0.1) is 11.9 Å². The Kier molecular flexibility index (Phi) is 2.67. The summed E-state index contributed by atoms with van der Waals surface area (Å²) in [7, 11) is 0. The van der Waals surface area contributed by atoms with E-state index in [1.165, 1.54) is 25.8 Å². The third-order valence-corrected chi connectivity index (χ3v) is 3.72. The molecule has 4 nitrogen and oxygen atoms in total. The Balaban J connectivity index is 1.63. The van der Waals surface area contributed by atoms with E-state index in [0.717, 1.165) is 29.7 Å². The smallest absolute Gasteiger partial charge is 0.129 e. The number of nitrogens with one attached hydrogen (secondary N) is 1. The van der Waals surface area contributed by atoms with Crippen LogP contribution in [0.1, 0.15) is 24.8 Å². The van der Waals surface area contributed by atoms with Crippen LogP contribution in [-0.2, 0) is 0 Å². The number of nitrogen functional groups attached to an aromatic ring is 1. The summed E-state index contributed by atoms with van der Waals surface area (Å²) in [6.07, 6.45) is 5.74. The Bertz CT molecular complexity index is 414. The summed E-state index contributed by atoms with van der Waals surface area (Å²) < 4.78 is 0. The molecule has 1 aromatic heterocycles. The third-order valence-electron chi connectivity index (χ3n) is 3.72. The number of anilines is 2. The SMILES string of the molecule is Cc1cc(N)cnc1NC1CCN(C2CC2)C1. The molecule has 0 spiro atoms. The monoisotopic (exact) mass is 232 g/mol. The van der Waals surface area contributed by atoms with E-state index < -0.39 is 0 Å². The van der Waals surface area contributed by atoms with Gasteiger partial charge in [0.15, 0.2) is 0 Å². The first-order valence-electron chi connectivity index (χ1n) is 6.45. The summed E-state index contributed by atoms with van der Waals surface area (Å²) >= 11 is 0. The topological polar surface area (TPSA) is 54.2 Å². The highest BCUT2D eigenvalue weighted by atomic mass is 15.2. The largest absolute Gasteiger partial charge is 0.397 e. The van der Waals surface area contributed by atoms with Gasteiger partial charge in [-0.2, -0.15) is 0 Å². The molecular weight excluding hydrogens is 212 g/mol. The maximum absolute atomic E-state index is 5.71. The number of rotatable bonds is 3. The van der Waals surface area contributed by atoms with Crippen molar-refractivity contribution in [2.45, 2.75) is 38.3 Å². The van der Waals surface area contributed by atoms with Crippen molar-refractivity contribution in [3.05, 3.63) is 17.8 Å². The number of pyridine rings is 1. The van der Waals surface area contributed by atoms with Crippen LogP contribution in [-0.4, -0.2) is 35.1 Å². The highest BCUT2D eigenvalue weighted by Gasteiger charge is 2.34. The van der Waals surface area contributed by atoms with Crippen LogP contribution in [0.3, 0.4) is 0 Å². The van der Waals surface area contributed by atoms with Gasteiger partial charge in [-0.3, -0.25) is 4.90 Å². The van der Waals surface area contributed by atoms with Crippen LogP contribution in [0.4, 0.5) is 11.5 Å². The minimum Gasteiger partial charge on any atom is -0.397 e. The molecule has 1 unspecified atom stereocenters. The van der Waals surface area contributed by atoms with E-state index in [4.69, 9.17) is 5.73 Å². The Morgan fingerprint density at radius 2 is 2.24 bits per heavy atom. The zero-order valence-corrected chi connectivity index (χ0v) is 10.3. The van der Waals surface area contributed by atoms with Gasteiger partial charge < -0.3 is 11.1 Å². The van der Waals surface area contributed by atoms with Gasteiger partial charge >= 0.3 is 0 Å². The summed E-state index contributed by atoms with van der Waals surface area (Å²) in [5.41, 5.74) is 7.58. The number of hydrogen-bond donors (Lipinski definition) is 2. The van der Waals surface area contributed by atoms with Crippen molar-refractivity contribution < 1.29 is 0 Å². The van der Waals surface area contributed by atoms with Crippen LogP contribution < -0.4 is 11.1 Å². The van der Waals surface area contributed by atoms with Crippen LogP contribution in [0.15, 0.2) is 12.3 Å². The molecule has 1 aliphatic heterocycles. The molecule has 17 heavy (non-hydrogen) atoms. The Hall–Kier alpha value is -1.29. The molecule has 2 heterocycles. The second-order valence-electron chi connectivity index (χ2n) is 5.29. The number of nitrogens with two attached hydrogens (primary N) is 1. The second-order valence-corrected chi connectivity index (χ2v) is 5.29. The molecule has 0 amide bonds. The fraction of sp³-hybridized carbons (Fsp3) is 0.615. The van der Waals surface area contributed by atoms with Crippen LogP contribution in [0.5, 0.6) is 0 Å². The molecule has 3 N–H and O–H groups in total. The fourth-order valence-electron chi connectivity index (χ4n) is 2.62. The standard InChI is InChI=1S/C13H20N4/c1-9-6-10(14)7-15-13(9)16-11-4-5-17(8-11)12-2-3-12/h6-7,11-12H,2-5,8,14H2,1H3,(H,15,16). The summed E-state index contributed by atoms with van der Waals surface area (Å²) in [4.78, 5) is 6.97. The summed E-state index contributed by atoms with van der Waals surface area (Å²) in [6, 6.07) is 3.40. The van der Waals surface area contributed by atoms with Crippen LogP contribution in [0.25, 0.3) is 0 Å². The quantitative estimate of drug-likeness (QED) is 0.831. The van der Waals surface area contributed by atoms with Gasteiger partial charge in [0.25, 0.3) is 0 Å². The van der Waals surface area contributed by atoms with Gasteiger partial charge in [-0.15, -0.1) is 0 Å². The molecule has 1 aliphatic carbocycles. The molecule has 2 fully saturated rings. The van der Waals surface area contributed by atoms with E-state index in [1.807, 2.05) is 6.07 Å². The molecule has 1 aromatic rings. The van der Waals surface area contributed by atoms with Gasteiger partial charge in [0.2, 0.25) is 0 Å². The predicted octanol–water partition coefficient (Wildman–Crippen LogP) is 1.62. The molecule has 1 atom stereocenters. The van der Waals surface area contributed by atoms with Crippen LogP contribution in [0, 0.1) is 6.92 Å². The Labute approximate surface area is 102 Å². The summed E-state index contributed by atoms with van der Waals surface area (Å²) in [6.45, 7) is 4.45. The van der Waals surface area contributed by atoms with Gasteiger partial charge in [0.1, 0.15) is 5.82 Å². The lowest BCUT2D eigenvalue weighted by molar-refractivity contribution is 0.326. The average Bonchev–Trinajstić information content (AvgIpc) is 3.04. The fourth-order valence-corrected chi connectivity index (χ4v) is 2.62. The summed E-state index contributed by atoms with van der Waals surface area (Å²) in [5.74, 6) is 0.988. The molecular formula is C13H20N4. The molecule has 0 radical (unpaired) electrons. The Morgan fingerprint density at radius 1 is 1.41 bits per heavy atom. The highest BCUT2D eigenvalue weighted by molar-refractivity contribution is 5.51. The number of likely N-dealkylation sites (tertiary alicyclic amines) is 1. The molecule has 0 aromatic carbocycles. The first-order valence-corrected chi connectivity index (χ1v) is 6.45. The minimum absolute atomic E-state index is 0.547. The molecule has 1 saturated heterocycles. The number of hydrogen-bond acceptors (Lipinski definition) is 4. The van der Waals surface area contributed by atoms with Gasteiger partial charge in [-0.1, -0.05) is 0 Å². The first kappa shape index (κ1) is 10.8. The highest BCUT2D eigenvalue weighted by Crippen LogP contribution is 2.30. The zero-order chi connectivity index (χ0) is 11.8. The van der Waals surface area contributed by atoms with Crippen molar-refractivity contribution in [1.29, 1.82) is 0 Å². The lowest BCUT2D eigenvalue weighted by atomic mass is 10.2. The van der Waals surface area contributed by atoms with Crippen LogP contribution >= 0.6 is 0 Å². The van der Waals surface area contributed by atoms with Crippen molar-refractivity contribution in [1.82, 2.24) is 9.88 Å². The molecule has 4 heteroatoms. The van der Waals surface area contributed by atoms with Gasteiger partial charge in [0, 0.05) is 25.2 Å². The van der Waals surface area contributed by atoms with E-state index in [2.05, 4.69) is 22.1 Å². The molecule has 1 saturated carbocycles. The lowest BCUT2D eigenvalue weighted by Crippen LogP contribution is -2.28. The average molecular weight is 232 g/mol. The second kappa shape index (κ2) is 4.18. The lowest BCUT2D eigenvalue weighted by Gasteiger charge is -2.17. The van der Waals surface area contributed by atoms with Crippen molar-refractivity contribution >= 4 is 11.5 Å². The van der Waals surface area contributed by atoms with Crippen molar-refractivity contribution in [2.75, 3.05) is 24.1 Å². The molecule has 92 valence electrons. The number of nitrogens with zero attached hydrogens (tertiary/aromatic N) is 2. The molecule has 0 bridgehead atoms. The van der Waals surface area contributed by atoms with Crippen LogP contribution in [0.2, 0.25) is 0 Å². The van der Waals surface area contributed by atoms with E-state index >= 15 is 0 Å². The minimum atomic E-state index is 0.547. The maximum Gasteiger partial charge on any atom is 0.129 e. The summed E-state index contributed by atoms with van der Waals surface area (Å²) in [5, 5.41) is 3.54. The van der Waals surface area contributed by atoms with E-state index in [-0.39, 0.29) is 0 Å². The van der Waals surface area contributed by atoms with E-state index in [1.54, 1.807) is 6.20 Å². The zero-order valence-electron chi connectivity index (χ0n) is 10.3. The van der Waals surface area contributed by atoms with Crippen molar-refractivity contribution in [2.24, 2.45) is 0 Å². The molecule has 2 aliphatic rings. The Morgan fingerprint density at radius 3 is 2.94 bits per heavy atom. The normalized spacial score (nSPS) is 25.1. The third kappa shape index (κ3) is 2.36. The van der Waals surface area contributed by atoms with Crippen molar-refractivity contribution in [3.63, 3.8) is 0 Å². The maximum atomic E-state index is 5.71. The molecule has 3 rings (SSSR count).